The van der Waals surface area contributed by atoms with E-state index in [1.165, 1.54) is 6.92 Å². The van der Waals surface area contributed by atoms with Crippen molar-refractivity contribution in [1.82, 2.24) is 0 Å². The molecular weight excluding hydrogens is 735 g/mol. The Balaban J connectivity index is 1.47. The summed E-state index contributed by atoms with van der Waals surface area (Å²) in [5, 5.41) is -0.0690. The molecule has 0 radical (unpaired) electrons. The topological polar surface area (TPSA) is 100 Å². The summed E-state index contributed by atoms with van der Waals surface area (Å²) in [5.41, 5.74) is 1.89. The molecule has 0 amide bonds. The predicted octanol–water partition coefficient (Wildman–Crippen LogP) is 6.31. The van der Waals surface area contributed by atoms with Gasteiger partial charge in [-0.05, 0) is 30.6 Å². The first kappa shape index (κ1) is 36.8. The number of alkyl halides is 1. The summed E-state index contributed by atoms with van der Waals surface area (Å²) in [6.07, 6.45) is -6.12. The molecule has 0 N–H and O–H groups in total. The van der Waals surface area contributed by atoms with Gasteiger partial charge in [0.05, 0.1) is 23.2 Å². The summed E-state index contributed by atoms with van der Waals surface area (Å²) in [6, 6.07) is 19.7. The van der Waals surface area contributed by atoms with E-state index in [1.807, 2.05) is 67.6 Å². The number of methoxy groups -OCH3 is 1. The van der Waals surface area contributed by atoms with Gasteiger partial charge in [0.25, 0.3) is 0 Å². The molecule has 260 valence electrons. The third-order valence-corrected chi connectivity index (χ3v) is 15.2. The second-order valence-corrected chi connectivity index (χ2v) is 20.1. The fourth-order valence-electron chi connectivity index (χ4n) is 5.85. The Morgan fingerprint density at radius 2 is 1.57 bits per heavy atom. The number of fused-ring (bicyclic) bond motifs is 1. The van der Waals surface area contributed by atoms with Crippen molar-refractivity contribution in [1.29, 1.82) is 0 Å². The molecule has 0 aromatic heterocycles. The van der Waals surface area contributed by atoms with Crippen LogP contribution in [0.15, 0.2) is 60.7 Å². The molecule has 0 bridgehead atoms. The second kappa shape index (κ2) is 15.6. The lowest BCUT2D eigenvalue weighted by Crippen LogP contribution is -2.66. The minimum Gasteiger partial charge on any atom is -0.457 e. The summed E-state index contributed by atoms with van der Waals surface area (Å²) in [6.45, 7) is 14.8. The van der Waals surface area contributed by atoms with E-state index in [4.69, 9.17) is 42.3 Å². The van der Waals surface area contributed by atoms with Crippen LogP contribution >= 0.6 is 22.6 Å². The van der Waals surface area contributed by atoms with Crippen molar-refractivity contribution in [2.24, 2.45) is 0 Å². The Kier molecular flexibility index (Phi) is 12.2. The molecule has 12 heteroatoms. The van der Waals surface area contributed by atoms with Crippen LogP contribution in [0.4, 0.5) is 0 Å². The molecule has 11 atom stereocenters. The first-order valence-corrected chi connectivity index (χ1v) is 20.4. The summed E-state index contributed by atoms with van der Waals surface area (Å²) >= 11 is 2.32. The average Bonchev–Trinajstić information content (AvgIpc) is 3.04. The normalized spacial score (nSPS) is 34.8. The molecule has 3 fully saturated rings. The zero-order chi connectivity index (χ0) is 33.9. The quantitative estimate of drug-likeness (QED) is 0.118. The van der Waals surface area contributed by atoms with Gasteiger partial charge in [-0.1, -0.05) is 104 Å². The van der Waals surface area contributed by atoms with Crippen LogP contribution in [0.5, 0.6) is 0 Å². The average molecular weight is 785 g/mol. The van der Waals surface area contributed by atoms with Crippen LogP contribution in [0, 0.1) is 0 Å². The van der Waals surface area contributed by atoms with Crippen LogP contribution in [0.1, 0.15) is 52.0 Å². The van der Waals surface area contributed by atoms with E-state index >= 15 is 0 Å². The Bertz CT molecular complexity index is 1290. The zero-order valence-corrected chi connectivity index (χ0v) is 31.7. The molecule has 10 nitrogen and oxygen atoms in total. The van der Waals surface area contributed by atoms with Gasteiger partial charge in [0, 0.05) is 19.6 Å². The van der Waals surface area contributed by atoms with E-state index in [0.717, 1.165) is 11.1 Å². The third-order valence-electron chi connectivity index (χ3n) is 9.41. The van der Waals surface area contributed by atoms with Gasteiger partial charge in [0.1, 0.15) is 30.5 Å². The molecule has 5 rings (SSSR count). The van der Waals surface area contributed by atoms with E-state index in [-0.39, 0.29) is 21.5 Å². The monoisotopic (exact) mass is 784 g/mol. The summed E-state index contributed by atoms with van der Waals surface area (Å²) < 4.78 is 57.5. The van der Waals surface area contributed by atoms with Crippen LogP contribution in [-0.2, 0) is 53.7 Å². The van der Waals surface area contributed by atoms with Gasteiger partial charge in [-0.3, -0.25) is 4.79 Å². The van der Waals surface area contributed by atoms with Gasteiger partial charge < -0.3 is 42.3 Å². The Labute approximate surface area is 293 Å². The van der Waals surface area contributed by atoms with Crippen molar-refractivity contribution in [2.75, 3.05) is 13.7 Å². The van der Waals surface area contributed by atoms with E-state index in [1.54, 1.807) is 7.11 Å². The summed E-state index contributed by atoms with van der Waals surface area (Å²) in [7, 11) is -0.718. The molecule has 0 aliphatic carbocycles. The first-order chi connectivity index (χ1) is 22.3. The maximum absolute atomic E-state index is 12.2. The highest BCUT2D eigenvalue weighted by Crippen LogP contribution is 2.43. The molecule has 0 saturated carbocycles. The number of hydrogen-bond acceptors (Lipinski definition) is 10. The van der Waals surface area contributed by atoms with Gasteiger partial charge in [0.2, 0.25) is 0 Å². The van der Waals surface area contributed by atoms with Crippen LogP contribution in [-0.4, -0.2) is 87.2 Å². The van der Waals surface area contributed by atoms with Crippen LogP contribution in [0.2, 0.25) is 18.1 Å². The number of hydrogen-bond donors (Lipinski definition) is 0. The van der Waals surface area contributed by atoms with Crippen molar-refractivity contribution in [3.05, 3.63) is 71.8 Å². The highest BCUT2D eigenvalue weighted by atomic mass is 127. The lowest BCUT2D eigenvalue weighted by atomic mass is 9.96. The molecule has 3 heterocycles. The minimum atomic E-state index is -2.31. The zero-order valence-electron chi connectivity index (χ0n) is 28.5. The number of carbonyl (C=O) groups excluding carboxylic acids is 1. The number of ether oxygens (including phenoxy) is 8. The number of carbonyl (C=O) groups is 1. The van der Waals surface area contributed by atoms with Crippen molar-refractivity contribution >= 4 is 36.9 Å². The van der Waals surface area contributed by atoms with E-state index in [9.17, 15) is 4.79 Å². The minimum absolute atomic E-state index is 0.0690. The van der Waals surface area contributed by atoms with E-state index in [2.05, 4.69) is 56.5 Å². The van der Waals surface area contributed by atoms with Crippen LogP contribution in [0.25, 0.3) is 0 Å². The summed E-state index contributed by atoms with van der Waals surface area (Å²) in [5.74, 6) is -0.385. The SMILES string of the molecule is CO[C@H]1O[C@@H]2COC(c3ccccc3)O[C@H]2[C@H](O[C@H]2O[C@H](C)[C@@H](OC(C)=O)[C@H](O[Si](C)(C)C(C)(C)C)[C@@H]2I)[C@H]1OCc1ccccc1. The molecule has 47 heavy (non-hydrogen) atoms. The molecule has 2 aromatic rings. The molecule has 3 aliphatic heterocycles. The predicted molar refractivity (Wildman–Crippen MR) is 185 cm³/mol. The Morgan fingerprint density at radius 1 is 0.915 bits per heavy atom. The fourth-order valence-corrected chi connectivity index (χ4v) is 8.33. The number of benzene rings is 2. The highest BCUT2D eigenvalue weighted by Gasteiger charge is 2.56. The maximum atomic E-state index is 12.2. The highest BCUT2D eigenvalue weighted by molar-refractivity contribution is 14.1. The first-order valence-electron chi connectivity index (χ1n) is 16.2. The van der Waals surface area contributed by atoms with Gasteiger partial charge in [-0.15, -0.1) is 0 Å². The molecule has 3 saturated heterocycles. The number of halogens is 1. The Morgan fingerprint density at radius 3 is 2.19 bits per heavy atom. The lowest BCUT2D eigenvalue weighted by molar-refractivity contribution is -0.385. The molecular formula is C35H49IO10Si. The van der Waals surface area contributed by atoms with Gasteiger partial charge in [0.15, 0.2) is 33.3 Å². The maximum Gasteiger partial charge on any atom is 0.303 e. The second-order valence-electron chi connectivity index (χ2n) is 13.9. The van der Waals surface area contributed by atoms with Crippen molar-refractivity contribution in [3.8, 4) is 0 Å². The van der Waals surface area contributed by atoms with Crippen molar-refractivity contribution in [3.63, 3.8) is 0 Å². The molecule has 2 aromatic carbocycles. The smallest absolute Gasteiger partial charge is 0.303 e. The van der Waals surface area contributed by atoms with Gasteiger partial charge in [-0.2, -0.15) is 0 Å². The van der Waals surface area contributed by atoms with Crippen molar-refractivity contribution < 1.29 is 47.1 Å². The van der Waals surface area contributed by atoms with Gasteiger partial charge in [-0.25, -0.2) is 0 Å². The lowest BCUT2D eigenvalue weighted by Gasteiger charge is -2.52. The molecule has 0 spiro atoms. The molecule has 3 aliphatic rings. The third kappa shape index (κ3) is 8.65. The fraction of sp³-hybridized carbons (Fsp3) is 0.629. The standard InChI is InChI=1S/C35H49IO10Si/c1-21-27(42-22(2)37)29(46-47(7,8)35(3,4)5)26(36)33(41-21)45-30-28-25(20-40-32(44-28)24-17-13-10-14-18-24)43-34(38-6)31(30)39-19-23-15-11-9-12-16-23/h9-18,21,25-34H,19-20H2,1-8H3/t21-,25-,26+,27-,28-,29-,30+,31-,32?,33-,34+/m1/s1. The van der Waals surface area contributed by atoms with E-state index in [0.29, 0.717) is 6.61 Å². The number of esters is 1. The Hall–Kier alpha value is -1.46. The van der Waals surface area contributed by atoms with Crippen LogP contribution in [0.3, 0.4) is 0 Å². The largest absolute Gasteiger partial charge is 0.457 e. The van der Waals surface area contributed by atoms with Crippen LogP contribution < -0.4 is 0 Å². The van der Waals surface area contributed by atoms with Gasteiger partial charge >= 0.3 is 5.97 Å². The van der Waals surface area contributed by atoms with E-state index < -0.39 is 69.9 Å². The van der Waals surface area contributed by atoms with Crippen molar-refractivity contribution in [2.45, 2.75) is 125 Å². The summed E-state index contributed by atoms with van der Waals surface area (Å²) in [4.78, 5) is 12.2. The molecule has 1 unspecified atom stereocenters. The number of rotatable bonds is 10.